The summed E-state index contributed by atoms with van der Waals surface area (Å²) in [6.07, 6.45) is 57.8. The second-order valence-electron chi connectivity index (χ2n) is 26.1. The first-order chi connectivity index (χ1) is 42.6. The van der Waals surface area contributed by atoms with Gasteiger partial charge in [0.2, 0.25) is 5.91 Å². The van der Waals surface area contributed by atoms with E-state index in [0.29, 0.717) is 12.8 Å². The average molecular weight is 1240 g/mol. The van der Waals surface area contributed by atoms with Crippen LogP contribution >= 0.6 is 0 Å². The number of carbonyl (C=O) groups is 1. The molecule has 2 aliphatic rings. The van der Waals surface area contributed by atoms with E-state index >= 15 is 0 Å². The number of ether oxygens (including phenoxy) is 4. The Balaban J connectivity index is 1.68. The lowest BCUT2D eigenvalue weighted by Crippen LogP contribution is -2.65. The van der Waals surface area contributed by atoms with Crippen molar-refractivity contribution in [3.05, 3.63) is 36.5 Å². The first-order valence-corrected chi connectivity index (χ1v) is 36.7. The van der Waals surface area contributed by atoms with Crippen LogP contribution in [0.4, 0.5) is 0 Å². The van der Waals surface area contributed by atoms with Crippen molar-refractivity contribution < 1.29 is 64.6 Å². The van der Waals surface area contributed by atoms with E-state index in [2.05, 4.69) is 43.5 Å². The van der Waals surface area contributed by atoms with Gasteiger partial charge in [0.1, 0.15) is 48.8 Å². The minimum atomic E-state index is -1.79. The third-order valence-corrected chi connectivity index (χ3v) is 18.0. The maximum absolute atomic E-state index is 13.3. The van der Waals surface area contributed by atoms with E-state index in [1.165, 1.54) is 263 Å². The smallest absolute Gasteiger partial charge is 0.220 e. The Morgan fingerprint density at radius 3 is 1.13 bits per heavy atom. The molecular weight excluding hydrogens is 1100 g/mol. The standard InChI is InChI=1S/C73H137NO13/c1-3-5-7-9-11-13-15-17-19-21-23-25-27-29-30-31-33-34-36-38-40-42-44-46-48-50-52-54-56-62(77)61(60-84-72-70(83)68(81)71(64(59-76)86-72)87-73-69(82)67(80)66(79)63(58-75)85-73)74-65(78)57-55-53-51-49-47-45-43-41-39-37-35-32-28-26-24-22-20-18-16-14-12-10-8-6-4-2/h22,24,46,48,54,56,61-64,66-73,75-77,79-83H,3-21,23,25-45,47,49-53,55,57-60H2,1-2H3,(H,74,78)/b24-22-,48-46+,56-54+. The lowest BCUT2D eigenvalue weighted by atomic mass is 9.97. The van der Waals surface area contributed by atoms with E-state index in [9.17, 15) is 45.6 Å². The molecule has 87 heavy (non-hydrogen) atoms. The zero-order valence-corrected chi connectivity index (χ0v) is 55.8. The molecule has 2 saturated heterocycles. The molecule has 0 saturated carbocycles. The Morgan fingerprint density at radius 1 is 0.402 bits per heavy atom. The van der Waals surface area contributed by atoms with Crippen molar-refractivity contribution in [1.82, 2.24) is 5.32 Å². The summed E-state index contributed by atoms with van der Waals surface area (Å²) in [5.41, 5.74) is 0. The summed E-state index contributed by atoms with van der Waals surface area (Å²) in [6.45, 7) is 2.83. The zero-order valence-electron chi connectivity index (χ0n) is 55.8. The topological polar surface area (TPSA) is 228 Å². The number of aliphatic hydroxyl groups is 8. The fourth-order valence-electron chi connectivity index (χ4n) is 12.2. The Labute approximate surface area is 531 Å². The van der Waals surface area contributed by atoms with Crippen LogP contribution in [0.1, 0.15) is 328 Å². The van der Waals surface area contributed by atoms with Crippen molar-refractivity contribution in [3.8, 4) is 0 Å². The number of hydrogen-bond acceptors (Lipinski definition) is 13. The van der Waals surface area contributed by atoms with Crippen LogP contribution in [0, 0.1) is 0 Å². The number of aliphatic hydroxyl groups excluding tert-OH is 8. The molecule has 14 heteroatoms. The van der Waals surface area contributed by atoms with Crippen molar-refractivity contribution in [2.75, 3.05) is 19.8 Å². The highest BCUT2D eigenvalue weighted by molar-refractivity contribution is 5.76. The molecule has 14 nitrogen and oxygen atoms in total. The molecule has 0 bridgehead atoms. The monoisotopic (exact) mass is 1240 g/mol. The van der Waals surface area contributed by atoms with Crippen molar-refractivity contribution in [2.45, 2.75) is 402 Å². The van der Waals surface area contributed by atoms with E-state index in [0.717, 1.165) is 32.1 Å². The second kappa shape index (κ2) is 58.1. The molecule has 0 aliphatic carbocycles. The Kier molecular flexibility index (Phi) is 54.3. The predicted molar refractivity (Wildman–Crippen MR) is 355 cm³/mol. The first-order valence-electron chi connectivity index (χ1n) is 36.7. The van der Waals surface area contributed by atoms with Gasteiger partial charge in [-0.1, -0.05) is 301 Å². The molecule has 512 valence electrons. The maximum Gasteiger partial charge on any atom is 0.220 e. The van der Waals surface area contributed by atoms with Crippen LogP contribution in [0.25, 0.3) is 0 Å². The van der Waals surface area contributed by atoms with Gasteiger partial charge < -0.3 is 65.1 Å². The summed E-state index contributed by atoms with van der Waals surface area (Å²) in [6, 6.07) is -0.932. The number of unbranched alkanes of at least 4 members (excludes halogenated alkanes) is 44. The molecule has 2 aliphatic heterocycles. The first kappa shape index (κ1) is 81.3. The lowest BCUT2D eigenvalue weighted by molar-refractivity contribution is -0.359. The quantitative estimate of drug-likeness (QED) is 0.0204. The molecule has 1 amide bonds. The van der Waals surface area contributed by atoms with Gasteiger partial charge in [-0.15, -0.1) is 0 Å². The summed E-state index contributed by atoms with van der Waals surface area (Å²) in [5, 5.41) is 87.5. The number of rotatable bonds is 61. The molecule has 12 atom stereocenters. The summed E-state index contributed by atoms with van der Waals surface area (Å²) in [4.78, 5) is 13.3. The summed E-state index contributed by atoms with van der Waals surface area (Å²) >= 11 is 0. The zero-order chi connectivity index (χ0) is 63.1. The van der Waals surface area contributed by atoms with Crippen molar-refractivity contribution >= 4 is 5.91 Å². The number of amides is 1. The molecular formula is C73H137NO13. The molecule has 9 N–H and O–H groups in total. The van der Waals surface area contributed by atoms with Gasteiger partial charge in [0.05, 0.1) is 32.0 Å². The molecule has 2 heterocycles. The fourth-order valence-corrected chi connectivity index (χ4v) is 12.2. The van der Waals surface area contributed by atoms with E-state index in [-0.39, 0.29) is 18.9 Å². The Hall–Kier alpha value is -1.79. The molecule has 2 rings (SSSR count). The van der Waals surface area contributed by atoms with Gasteiger partial charge in [-0.3, -0.25) is 4.79 Å². The van der Waals surface area contributed by atoms with Gasteiger partial charge >= 0.3 is 0 Å². The molecule has 0 aromatic carbocycles. The number of allylic oxidation sites excluding steroid dienone is 5. The molecule has 0 radical (unpaired) electrons. The van der Waals surface area contributed by atoms with E-state index in [1.54, 1.807) is 6.08 Å². The number of nitrogens with one attached hydrogen (secondary N) is 1. The second-order valence-corrected chi connectivity index (χ2v) is 26.1. The van der Waals surface area contributed by atoms with Gasteiger partial charge in [0.15, 0.2) is 12.6 Å². The largest absolute Gasteiger partial charge is 0.394 e. The average Bonchev–Trinajstić information content (AvgIpc) is 2.50. The third-order valence-electron chi connectivity index (χ3n) is 18.0. The maximum atomic E-state index is 13.3. The lowest BCUT2D eigenvalue weighted by Gasteiger charge is -2.46. The normalized spacial score (nSPS) is 23.4. The van der Waals surface area contributed by atoms with Crippen LogP contribution in [-0.4, -0.2) is 140 Å². The fraction of sp³-hybridized carbons (Fsp3) is 0.904. The Morgan fingerprint density at radius 2 is 0.736 bits per heavy atom. The molecule has 2 fully saturated rings. The number of carbonyl (C=O) groups excluding carboxylic acids is 1. The van der Waals surface area contributed by atoms with Gasteiger partial charge in [-0.25, -0.2) is 0 Å². The molecule has 0 spiro atoms. The van der Waals surface area contributed by atoms with Crippen LogP contribution in [0.3, 0.4) is 0 Å². The third kappa shape index (κ3) is 42.1. The highest BCUT2D eigenvalue weighted by atomic mass is 16.7. The molecule has 12 unspecified atom stereocenters. The van der Waals surface area contributed by atoms with Crippen molar-refractivity contribution in [3.63, 3.8) is 0 Å². The van der Waals surface area contributed by atoms with Crippen LogP contribution in [-0.2, 0) is 23.7 Å². The predicted octanol–water partition coefficient (Wildman–Crippen LogP) is 15.3. The van der Waals surface area contributed by atoms with E-state index < -0.39 is 86.8 Å². The van der Waals surface area contributed by atoms with Crippen molar-refractivity contribution in [1.29, 1.82) is 0 Å². The minimum Gasteiger partial charge on any atom is -0.394 e. The molecule has 0 aromatic rings. The van der Waals surface area contributed by atoms with Crippen LogP contribution in [0.2, 0.25) is 0 Å². The van der Waals surface area contributed by atoms with Crippen molar-refractivity contribution in [2.24, 2.45) is 0 Å². The number of hydrogen-bond donors (Lipinski definition) is 9. The minimum absolute atomic E-state index is 0.244. The highest BCUT2D eigenvalue weighted by Gasteiger charge is 2.51. The van der Waals surface area contributed by atoms with Gasteiger partial charge in [0, 0.05) is 6.42 Å². The molecule has 0 aromatic heterocycles. The van der Waals surface area contributed by atoms with Gasteiger partial charge in [-0.2, -0.15) is 0 Å². The van der Waals surface area contributed by atoms with Gasteiger partial charge in [-0.05, 0) is 57.8 Å². The summed E-state index contributed by atoms with van der Waals surface area (Å²) in [5.74, 6) is -0.244. The SMILES string of the molecule is CCCCCCCCCC/C=C\CCCCCCCCCCCCCCCC(=O)NC(COC1OC(CO)C(OC2OC(CO)C(O)C(O)C2O)C(O)C1O)C(O)/C=C/CC/C=C/CCCCCCCCCCCCCCCCCCCCCCCC. The van der Waals surface area contributed by atoms with Crippen LogP contribution in [0.15, 0.2) is 36.5 Å². The summed E-state index contributed by atoms with van der Waals surface area (Å²) in [7, 11) is 0. The van der Waals surface area contributed by atoms with Crippen LogP contribution < -0.4 is 5.32 Å². The Bertz CT molecular complexity index is 1600. The van der Waals surface area contributed by atoms with E-state index in [4.69, 9.17) is 18.9 Å². The summed E-state index contributed by atoms with van der Waals surface area (Å²) < 4.78 is 22.9. The van der Waals surface area contributed by atoms with Gasteiger partial charge in [0.25, 0.3) is 0 Å². The highest BCUT2D eigenvalue weighted by Crippen LogP contribution is 2.30. The van der Waals surface area contributed by atoms with Crippen LogP contribution in [0.5, 0.6) is 0 Å². The van der Waals surface area contributed by atoms with E-state index in [1.807, 2.05) is 6.08 Å².